The van der Waals surface area contributed by atoms with Crippen LogP contribution in [0.25, 0.3) is 5.69 Å². The summed E-state index contributed by atoms with van der Waals surface area (Å²) in [4.78, 5) is 11.9. The molecule has 138 valence electrons. The molecular formula is C20H20N4O3. The lowest BCUT2D eigenvalue weighted by Gasteiger charge is -2.08. The molecular weight excluding hydrogens is 344 g/mol. The van der Waals surface area contributed by atoms with Crippen molar-refractivity contribution in [2.45, 2.75) is 0 Å². The smallest absolute Gasteiger partial charge is 0.339 e. The minimum atomic E-state index is -0.453. The Hall–Kier alpha value is -3.74. The summed E-state index contributed by atoms with van der Waals surface area (Å²) in [6, 6.07) is 16.3. The van der Waals surface area contributed by atoms with Crippen LogP contribution >= 0.6 is 0 Å². The zero-order chi connectivity index (χ0) is 19.1. The Labute approximate surface area is 157 Å². The van der Waals surface area contributed by atoms with Gasteiger partial charge in [-0.15, -0.1) is 0 Å². The third kappa shape index (κ3) is 4.66. The molecule has 2 N–H and O–H groups in total. The molecule has 0 spiro atoms. The number of carbonyl (C=O) groups is 1. The van der Waals surface area contributed by atoms with Crippen molar-refractivity contribution in [2.75, 3.05) is 19.5 Å². The van der Waals surface area contributed by atoms with E-state index in [-0.39, 0.29) is 0 Å². The van der Waals surface area contributed by atoms with E-state index in [2.05, 4.69) is 15.8 Å². The maximum absolute atomic E-state index is 11.9. The van der Waals surface area contributed by atoms with Gasteiger partial charge in [0, 0.05) is 23.6 Å². The Balaban J connectivity index is 1.58. The van der Waals surface area contributed by atoms with Gasteiger partial charge in [-0.2, -0.15) is 5.10 Å². The fourth-order valence-electron chi connectivity index (χ4n) is 2.47. The summed E-state index contributed by atoms with van der Waals surface area (Å²) in [5, 5.41) is 6.65. The van der Waals surface area contributed by atoms with E-state index in [1.165, 1.54) is 0 Å². The molecule has 3 rings (SSSR count). The second-order valence-corrected chi connectivity index (χ2v) is 5.57. The molecule has 0 aliphatic rings. The molecule has 0 aliphatic carbocycles. The number of amides is 2. The van der Waals surface area contributed by atoms with E-state index >= 15 is 0 Å². The van der Waals surface area contributed by atoms with Crippen LogP contribution in [0.15, 0.2) is 72.1 Å². The molecule has 0 saturated carbocycles. The minimum absolute atomic E-state index is 0.453. The van der Waals surface area contributed by atoms with Gasteiger partial charge in [0.05, 0.1) is 26.1 Å². The first kappa shape index (κ1) is 18.1. The van der Waals surface area contributed by atoms with Crippen LogP contribution in [-0.4, -0.2) is 31.0 Å². The van der Waals surface area contributed by atoms with Gasteiger partial charge in [0.1, 0.15) is 11.5 Å². The van der Waals surface area contributed by atoms with E-state index < -0.39 is 6.03 Å². The van der Waals surface area contributed by atoms with Crippen LogP contribution in [0.3, 0.4) is 0 Å². The Morgan fingerprint density at radius 3 is 2.56 bits per heavy atom. The van der Waals surface area contributed by atoms with Crippen LogP contribution in [0, 0.1) is 0 Å². The van der Waals surface area contributed by atoms with Gasteiger partial charge in [0.2, 0.25) is 0 Å². The second kappa shape index (κ2) is 8.57. The molecule has 0 radical (unpaired) electrons. The van der Waals surface area contributed by atoms with Crippen LogP contribution in [0.1, 0.15) is 5.56 Å². The average Bonchev–Trinajstić information content (AvgIpc) is 3.17. The highest BCUT2D eigenvalue weighted by Gasteiger charge is 2.05. The van der Waals surface area contributed by atoms with Gasteiger partial charge in [0.25, 0.3) is 0 Å². The predicted molar refractivity (Wildman–Crippen MR) is 105 cm³/mol. The SMILES string of the molecule is COc1ccc(-n2ccc(/C=N/NC(=O)Nc3ccccc3OC)c2)cc1. The van der Waals surface area contributed by atoms with E-state index in [1.54, 1.807) is 32.6 Å². The fourth-order valence-corrected chi connectivity index (χ4v) is 2.47. The lowest BCUT2D eigenvalue weighted by atomic mass is 10.3. The van der Waals surface area contributed by atoms with E-state index in [0.29, 0.717) is 11.4 Å². The topological polar surface area (TPSA) is 76.9 Å². The maximum atomic E-state index is 11.9. The van der Waals surface area contributed by atoms with Crippen molar-refractivity contribution in [2.24, 2.45) is 5.10 Å². The number of anilines is 1. The number of nitrogens with one attached hydrogen (secondary N) is 2. The predicted octanol–water partition coefficient (Wildman–Crippen LogP) is 3.65. The normalized spacial score (nSPS) is 10.6. The molecule has 1 heterocycles. The van der Waals surface area contributed by atoms with Crippen molar-refractivity contribution in [3.63, 3.8) is 0 Å². The van der Waals surface area contributed by atoms with E-state index in [1.807, 2.05) is 59.4 Å². The molecule has 2 amide bonds. The third-order valence-corrected chi connectivity index (χ3v) is 3.82. The number of nitrogens with zero attached hydrogens (tertiary/aromatic N) is 2. The van der Waals surface area contributed by atoms with Crippen molar-refractivity contribution in [1.29, 1.82) is 0 Å². The van der Waals surface area contributed by atoms with Gasteiger partial charge in [-0.25, -0.2) is 10.2 Å². The number of methoxy groups -OCH3 is 2. The summed E-state index contributed by atoms with van der Waals surface area (Å²) in [5.41, 5.74) is 4.85. The van der Waals surface area contributed by atoms with E-state index in [9.17, 15) is 4.79 Å². The van der Waals surface area contributed by atoms with Crippen molar-refractivity contribution in [1.82, 2.24) is 9.99 Å². The number of aromatic nitrogens is 1. The van der Waals surface area contributed by atoms with Gasteiger partial charge in [0.15, 0.2) is 0 Å². The second-order valence-electron chi connectivity index (χ2n) is 5.57. The molecule has 7 nitrogen and oxygen atoms in total. The molecule has 0 bridgehead atoms. The molecule has 0 fully saturated rings. The average molecular weight is 364 g/mol. The number of ether oxygens (including phenoxy) is 2. The van der Waals surface area contributed by atoms with Crippen molar-refractivity contribution < 1.29 is 14.3 Å². The summed E-state index contributed by atoms with van der Waals surface area (Å²) < 4.78 is 12.3. The zero-order valence-electron chi connectivity index (χ0n) is 15.0. The van der Waals surface area contributed by atoms with Gasteiger partial charge >= 0.3 is 6.03 Å². The fraction of sp³-hybridized carbons (Fsp3) is 0.100. The lowest BCUT2D eigenvalue weighted by Crippen LogP contribution is -2.24. The lowest BCUT2D eigenvalue weighted by molar-refractivity contribution is 0.252. The summed E-state index contributed by atoms with van der Waals surface area (Å²) >= 11 is 0. The highest BCUT2D eigenvalue weighted by Crippen LogP contribution is 2.22. The summed E-state index contributed by atoms with van der Waals surface area (Å²) in [7, 11) is 3.18. The molecule has 2 aromatic carbocycles. The van der Waals surface area contributed by atoms with Gasteiger partial charge < -0.3 is 19.4 Å². The number of urea groups is 1. The molecule has 0 atom stereocenters. The number of para-hydroxylation sites is 2. The van der Waals surface area contributed by atoms with E-state index in [0.717, 1.165) is 17.0 Å². The Morgan fingerprint density at radius 2 is 1.81 bits per heavy atom. The standard InChI is InChI=1S/C20H20N4O3/c1-26-17-9-7-16(8-10-17)24-12-11-15(14-24)13-21-23-20(25)22-18-5-3-4-6-19(18)27-2/h3-14H,1-2H3,(H2,22,23,25)/b21-13+. The Morgan fingerprint density at radius 1 is 1.04 bits per heavy atom. The number of hydrogen-bond acceptors (Lipinski definition) is 4. The maximum Gasteiger partial charge on any atom is 0.339 e. The van der Waals surface area contributed by atoms with Crippen LogP contribution in [0.2, 0.25) is 0 Å². The summed E-state index contributed by atoms with van der Waals surface area (Å²) in [6.45, 7) is 0. The molecule has 0 aliphatic heterocycles. The summed E-state index contributed by atoms with van der Waals surface area (Å²) in [6.07, 6.45) is 5.39. The Bertz CT molecular complexity index is 932. The van der Waals surface area contributed by atoms with Crippen molar-refractivity contribution in [3.8, 4) is 17.2 Å². The number of benzene rings is 2. The van der Waals surface area contributed by atoms with Crippen LogP contribution in [-0.2, 0) is 0 Å². The number of rotatable bonds is 6. The molecule has 0 unspecified atom stereocenters. The molecule has 27 heavy (non-hydrogen) atoms. The van der Waals surface area contributed by atoms with Crippen LogP contribution < -0.4 is 20.2 Å². The molecule has 7 heteroatoms. The first-order valence-electron chi connectivity index (χ1n) is 8.25. The summed E-state index contributed by atoms with van der Waals surface area (Å²) in [5.74, 6) is 1.38. The van der Waals surface area contributed by atoms with E-state index in [4.69, 9.17) is 9.47 Å². The highest BCUT2D eigenvalue weighted by atomic mass is 16.5. The molecule has 0 saturated heterocycles. The van der Waals surface area contributed by atoms with Crippen molar-refractivity contribution in [3.05, 3.63) is 72.6 Å². The largest absolute Gasteiger partial charge is 0.497 e. The van der Waals surface area contributed by atoms with Gasteiger partial charge in [-0.3, -0.25) is 0 Å². The van der Waals surface area contributed by atoms with Crippen LogP contribution in [0.4, 0.5) is 10.5 Å². The first-order valence-corrected chi connectivity index (χ1v) is 8.25. The van der Waals surface area contributed by atoms with Gasteiger partial charge in [-0.1, -0.05) is 12.1 Å². The van der Waals surface area contributed by atoms with Crippen LogP contribution in [0.5, 0.6) is 11.5 Å². The monoisotopic (exact) mass is 364 g/mol. The van der Waals surface area contributed by atoms with Crippen molar-refractivity contribution >= 4 is 17.9 Å². The third-order valence-electron chi connectivity index (χ3n) is 3.82. The quantitative estimate of drug-likeness (QED) is 0.518. The number of hydrogen-bond donors (Lipinski definition) is 2. The number of hydrazone groups is 1. The van der Waals surface area contributed by atoms with Gasteiger partial charge in [-0.05, 0) is 42.5 Å². The minimum Gasteiger partial charge on any atom is -0.497 e. The highest BCUT2D eigenvalue weighted by molar-refractivity contribution is 5.91. The molecule has 1 aromatic heterocycles. The molecule has 3 aromatic rings. The zero-order valence-corrected chi connectivity index (χ0v) is 15.0. The number of carbonyl (C=O) groups excluding carboxylic acids is 1. The first-order chi connectivity index (χ1) is 13.2. The Kier molecular flexibility index (Phi) is 5.73.